The van der Waals surface area contributed by atoms with Crippen molar-refractivity contribution in [1.29, 1.82) is 0 Å². The van der Waals surface area contributed by atoms with E-state index in [0.29, 0.717) is 5.56 Å². The molecule has 0 aromatic heterocycles. The molecule has 0 heterocycles. The maximum atomic E-state index is 11.0. The number of hydrogen-bond donors (Lipinski definition) is 1. The van der Waals surface area contributed by atoms with Crippen LogP contribution in [0.3, 0.4) is 0 Å². The number of nitro benzene ring substituents is 1. The minimum atomic E-state index is -0.437. The van der Waals surface area contributed by atoms with Crippen molar-refractivity contribution in [1.82, 2.24) is 0 Å². The largest absolute Gasteiger partial charge is 1.00 e. The van der Waals surface area contributed by atoms with Gasteiger partial charge in [0.05, 0.1) is 12.0 Å². The van der Waals surface area contributed by atoms with Gasteiger partial charge in [0, 0.05) is 18.2 Å². The number of ether oxygens (including phenoxy) is 1. The molecule has 21 heavy (non-hydrogen) atoms. The zero-order valence-corrected chi connectivity index (χ0v) is 15.0. The number of benzene rings is 1. The third kappa shape index (κ3) is 6.33. The zero-order chi connectivity index (χ0) is 15.9. The Bertz CT molecular complexity index is 522. The Labute approximate surface area is 145 Å². The van der Waals surface area contributed by atoms with Gasteiger partial charge in [0.15, 0.2) is 0 Å². The van der Waals surface area contributed by atoms with Crippen LogP contribution in [0.4, 0.5) is 5.69 Å². The number of hydrogen-bond acceptors (Lipinski definition) is 4. The molecule has 8 nitrogen and oxygen atoms in total. The monoisotopic (exact) mass is 303 g/mol. The second-order valence-electron chi connectivity index (χ2n) is 4.99. The molecule has 1 aromatic rings. The van der Waals surface area contributed by atoms with Crippen LogP contribution in [0.15, 0.2) is 12.1 Å². The fraction of sp³-hybridized carbons (Fsp3) is 0.500. The van der Waals surface area contributed by atoms with Crippen LogP contribution in [-0.2, 0) is 12.0 Å². The van der Waals surface area contributed by atoms with Crippen molar-refractivity contribution in [3.63, 3.8) is 0 Å². The Kier molecular flexibility index (Phi) is 10.0. The first-order valence-electron chi connectivity index (χ1n) is 5.77. The van der Waals surface area contributed by atoms with Crippen LogP contribution in [0.5, 0.6) is 5.75 Å². The van der Waals surface area contributed by atoms with Crippen molar-refractivity contribution in [2.24, 2.45) is 5.73 Å². The van der Waals surface area contributed by atoms with Gasteiger partial charge < -0.3 is 21.5 Å². The molecule has 1 rings (SSSR count). The van der Waals surface area contributed by atoms with Crippen molar-refractivity contribution >= 4 is 5.69 Å². The molecule has 110 valence electrons. The van der Waals surface area contributed by atoms with Gasteiger partial charge in [-0.05, 0) is 17.0 Å². The molecule has 0 aliphatic heterocycles. The Morgan fingerprint density at radius 2 is 1.86 bits per heavy atom. The Balaban J connectivity index is 0. The van der Waals surface area contributed by atoms with Gasteiger partial charge in [-0.3, -0.25) is 15.0 Å². The summed E-state index contributed by atoms with van der Waals surface area (Å²) in [5.74, 6) is 0.255. The second-order valence-corrected chi connectivity index (χ2v) is 4.99. The van der Waals surface area contributed by atoms with Gasteiger partial charge in [0.2, 0.25) is 5.75 Å². The average molecular weight is 303 g/mol. The molecule has 0 radical (unpaired) electrons. The molecule has 0 aliphatic carbocycles. The fourth-order valence-corrected chi connectivity index (χ4v) is 1.63. The van der Waals surface area contributed by atoms with Gasteiger partial charge in [-0.1, -0.05) is 20.8 Å². The quantitative estimate of drug-likeness (QED) is 0.213. The third-order valence-corrected chi connectivity index (χ3v) is 2.63. The molecule has 0 spiro atoms. The molecular formula is C12H18N5NaO3. The van der Waals surface area contributed by atoms with Crippen LogP contribution in [0.1, 0.15) is 31.9 Å². The summed E-state index contributed by atoms with van der Waals surface area (Å²) in [5, 5.41) is 11.0. The van der Waals surface area contributed by atoms with Crippen molar-refractivity contribution in [2.75, 3.05) is 7.11 Å². The molecule has 0 aliphatic rings. The minimum Gasteiger partial charge on any atom is -0.490 e. The first-order valence-corrected chi connectivity index (χ1v) is 5.77. The zero-order valence-electron chi connectivity index (χ0n) is 13.0. The van der Waals surface area contributed by atoms with Crippen molar-refractivity contribution in [3.8, 4) is 5.75 Å². The minimum absolute atomic E-state index is 0. The summed E-state index contributed by atoms with van der Waals surface area (Å²) in [6, 6.07) is 3.42. The Hall–Kier alpha value is -1.31. The van der Waals surface area contributed by atoms with Gasteiger partial charge in [-0.15, -0.1) is 0 Å². The molecule has 0 bridgehead atoms. The summed E-state index contributed by atoms with van der Waals surface area (Å²) in [5.41, 5.74) is 20.5. The van der Waals surface area contributed by atoms with E-state index in [-0.39, 0.29) is 53.0 Å². The Morgan fingerprint density at radius 3 is 2.14 bits per heavy atom. The normalized spacial score (nSPS) is 9.57. The van der Waals surface area contributed by atoms with E-state index in [4.69, 9.17) is 21.5 Å². The van der Waals surface area contributed by atoms with Gasteiger partial charge in [0.25, 0.3) is 0 Å². The first-order chi connectivity index (χ1) is 9.22. The smallest absolute Gasteiger partial charge is 0.490 e. The van der Waals surface area contributed by atoms with Crippen molar-refractivity contribution < 1.29 is 39.2 Å². The van der Waals surface area contributed by atoms with E-state index in [9.17, 15) is 10.1 Å². The first kappa shape index (κ1) is 22.0. The topological polar surface area (TPSA) is 137 Å². The van der Waals surface area contributed by atoms with Crippen LogP contribution in [-0.4, -0.2) is 12.0 Å². The molecule has 0 unspecified atom stereocenters. The predicted molar refractivity (Wildman–Crippen MR) is 76.3 cm³/mol. The maximum absolute atomic E-state index is 11.0. The summed E-state index contributed by atoms with van der Waals surface area (Å²) in [6.45, 7) is 6.21. The van der Waals surface area contributed by atoms with Crippen LogP contribution in [0, 0.1) is 10.1 Å². The maximum Gasteiger partial charge on any atom is 1.00 e. The van der Waals surface area contributed by atoms with E-state index in [2.05, 4.69) is 0 Å². The Morgan fingerprint density at radius 1 is 1.38 bits per heavy atom. The van der Waals surface area contributed by atoms with Crippen molar-refractivity contribution in [3.05, 3.63) is 49.3 Å². The summed E-state index contributed by atoms with van der Waals surface area (Å²) >= 11 is 0. The molecule has 9 heteroatoms. The number of methoxy groups -OCH3 is 1. The van der Waals surface area contributed by atoms with Crippen LogP contribution in [0.2, 0.25) is 0 Å². The van der Waals surface area contributed by atoms with Crippen LogP contribution < -0.4 is 40.0 Å². The van der Waals surface area contributed by atoms with Crippen LogP contribution >= 0.6 is 0 Å². The predicted octanol–water partition coefficient (Wildman–Crippen LogP) is 0.230. The molecule has 0 saturated carbocycles. The number of nitrogens with zero attached hydrogens (tertiary/aromatic N) is 4. The van der Waals surface area contributed by atoms with Gasteiger partial charge in [-0.25, -0.2) is 0 Å². The summed E-state index contributed by atoms with van der Waals surface area (Å²) in [6.07, 6.45) is 0. The van der Waals surface area contributed by atoms with E-state index in [1.807, 2.05) is 26.8 Å². The fourth-order valence-electron chi connectivity index (χ4n) is 1.63. The van der Waals surface area contributed by atoms with Gasteiger partial charge >= 0.3 is 35.2 Å². The molecule has 2 N–H and O–H groups in total. The summed E-state index contributed by atoms with van der Waals surface area (Å²) in [7, 11) is 1.41. The third-order valence-electron chi connectivity index (χ3n) is 2.63. The number of rotatable bonds is 3. The molecule has 0 amide bonds. The molecule has 0 saturated heterocycles. The van der Waals surface area contributed by atoms with Crippen molar-refractivity contribution in [2.45, 2.75) is 32.7 Å². The number of nitro groups is 1. The molecule has 0 fully saturated rings. The summed E-state index contributed by atoms with van der Waals surface area (Å²) in [4.78, 5) is 12.1. The SMILES string of the molecule is COc1c(CN)cc(C(C)(C)C)cc1[N+](=O)[O-].[N-]=[N+]=[N-].[Na+]. The van der Waals surface area contributed by atoms with Gasteiger partial charge in [0.1, 0.15) is 0 Å². The second kappa shape index (κ2) is 9.59. The molecule has 1 aromatic carbocycles. The van der Waals surface area contributed by atoms with E-state index in [1.165, 1.54) is 12.0 Å². The van der Waals surface area contributed by atoms with Gasteiger partial charge in [-0.2, -0.15) is 0 Å². The van der Waals surface area contributed by atoms with E-state index < -0.39 is 4.92 Å². The van der Waals surface area contributed by atoms with Crippen LogP contribution in [0.25, 0.3) is 16.0 Å². The molecular weight excluding hydrogens is 285 g/mol. The standard InChI is InChI=1S/C12H18N2O3.N3.Na/c1-12(2,3)9-5-8(7-13)11(17-4)10(6-9)14(15)16;1-3-2;/h5-6H,7,13H2,1-4H3;;/q;-1;+1. The van der Waals surface area contributed by atoms with E-state index >= 15 is 0 Å². The molecule has 0 atom stereocenters. The summed E-state index contributed by atoms with van der Waals surface area (Å²) < 4.78 is 5.07. The number of nitrogens with two attached hydrogens (primary N) is 1. The van der Waals surface area contributed by atoms with E-state index in [1.54, 1.807) is 6.07 Å². The average Bonchev–Trinajstić information content (AvgIpc) is 2.36. The van der Waals surface area contributed by atoms with E-state index in [0.717, 1.165) is 5.56 Å².